The van der Waals surface area contributed by atoms with Gasteiger partial charge >= 0.3 is 5.97 Å². The first kappa shape index (κ1) is 13.8. The maximum absolute atomic E-state index is 12.8. The van der Waals surface area contributed by atoms with Crippen LogP contribution in [0.4, 0.5) is 4.39 Å². The van der Waals surface area contributed by atoms with Gasteiger partial charge in [0.2, 0.25) is 0 Å². The Balaban J connectivity index is 2.86. The standard InChI is InChI=1S/C12H14ClFO3/c1-4-16-11(15)12(2,3)17-10-6-5-8(14)7-9(10)13/h5-7H,4H2,1-3H3. The zero-order valence-corrected chi connectivity index (χ0v) is 10.7. The molecule has 0 aromatic heterocycles. The summed E-state index contributed by atoms with van der Waals surface area (Å²) in [6.07, 6.45) is 0. The Bertz CT molecular complexity index is 418. The summed E-state index contributed by atoms with van der Waals surface area (Å²) >= 11 is 5.80. The minimum absolute atomic E-state index is 0.113. The maximum atomic E-state index is 12.8. The second-order valence-electron chi connectivity index (χ2n) is 3.91. The molecule has 0 aliphatic carbocycles. The smallest absolute Gasteiger partial charge is 0.349 e. The van der Waals surface area contributed by atoms with Gasteiger partial charge in [-0.1, -0.05) is 11.6 Å². The second-order valence-corrected chi connectivity index (χ2v) is 4.31. The molecule has 0 spiro atoms. The number of ether oxygens (including phenoxy) is 2. The molecule has 0 saturated carbocycles. The predicted molar refractivity (Wildman–Crippen MR) is 62.8 cm³/mol. The SMILES string of the molecule is CCOC(=O)C(C)(C)Oc1ccc(F)cc1Cl. The third-order valence-corrected chi connectivity index (χ3v) is 2.32. The van der Waals surface area contributed by atoms with E-state index in [1.54, 1.807) is 20.8 Å². The van der Waals surface area contributed by atoms with E-state index in [2.05, 4.69) is 0 Å². The zero-order chi connectivity index (χ0) is 13.1. The first-order valence-corrected chi connectivity index (χ1v) is 5.56. The topological polar surface area (TPSA) is 35.5 Å². The highest BCUT2D eigenvalue weighted by molar-refractivity contribution is 6.32. The molecule has 0 fully saturated rings. The molecule has 1 aromatic rings. The summed E-state index contributed by atoms with van der Waals surface area (Å²) < 4.78 is 23.1. The maximum Gasteiger partial charge on any atom is 0.349 e. The van der Waals surface area contributed by atoms with Crippen LogP contribution in [0.1, 0.15) is 20.8 Å². The molecular weight excluding hydrogens is 247 g/mol. The van der Waals surface area contributed by atoms with Crippen molar-refractivity contribution in [1.29, 1.82) is 0 Å². The molecule has 0 atom stereocenters. The van der Waals surface area contributed by atoms with Gasteiger partial charge in [-0.3, -0.25) is 0 Å². The van der Waals surface area contributed by atoms with Crippen molar-refractivity contribution >= 4 is 17.6 Å². The molecular formula is C12H14ClFO3. The molecule has 0 bridgehead atoms. The van der Waals surface area contributed by atoms with Crippen molar-refractivity contribution in [3.05, 3.63) is 29.0 Å². The van der Waals surface area contributed by atoms with E-state index in [0.717, 1.165) is 6.07 Å². The average Bonchev–Trinajstić information content (AvgIpc) is 2.22. The predicted octanol–water partition coefficient (Wildman–Crippen LogP) is 3.20. The van der Waals surface area contributed by atoms with Crippen LogP contribution in [0.2, 0.25) is 5.02 Å². The number of hydrogen-bond donors (Lipinski definition) is 0. The van der Waals surface area contributed by atoms with Gasteiger partial charge in [0, 0.05) is 0 Å². The van der Waals surface area contributed by atoms with Crippen LogP contribution in [-0.4, -0.2) is 18.2 Å². The minimum Gasteiger partial charge on any atom is -0.475 e. The summed E-state index contributed by atoms with van der Waals surface area (Å²) in [5, 5.41) is 0.113. The number of carbonyl (C=O) groups is 1. The lowest BCUT2D eigenvalue weighted by atomic mass is 10.1. The summed E-state index contributed by atoms with van der Waals surface area (Å²) in [6, 6.07) is 3.71. The van der Waals surface area contributed by atoms with Gasteiger partial charge in [0.15, 0.2) is 5.60 Å². The van der Waals surface area contributed by atoms with E-state index in [-0.39, 0.29) is 17.4 Å². The van der Waals surface area contributed by atoms with E-state index < -0.39 is 17.4 Å². The van der Waals surface area contributed by atoms with Gasteiger partial charge in [0.1, 0.15) is 11.6 Å². The van der Waals surface area contributed by atoms with Gasteiger partial charge in [0.25, 0.3) is 0 Å². The van der Waals surface area contributed by atoms with E-state index in [0.29, 0.717) is 0 Å². The number of halogens is 2. The lowest BCUT2D eigenvalue weighted by Crippen LogP contribution is -2.39. The molecule has 17 heavy (non-hydrogen) atoms. The van der Waals surface area contributed by atoms with Crippen LogP contribution in [0, 0.1) is 5.82 Å². The summed E-state index contributed by atoms with van der Waals surface area (Å²) in [6.45, 7) is 5.09. The van der Waals surface area contributed by atoms with Crippen molar-refractivity contribution in [3.63, 3.8) is 0 Å². The van der Waals surface area contributed by atoms with Gasteiger partial charge in [0.05, 0.1) is 11.6 Å². The molecule has 3 nitrogen and oxygen atoms in total. The number of rotatable bonds is 4. The third-order valence-electron chi connectivity index (χ3n) is 2.03. The molecule has 0 saturated heterocycles. The van der Waals surface area contributed by atoms with E-state index in [4.69, 9.17) is 21.1 Å². The number of hydrogen-bond acceptors (Lipinski definition) is 3. The summed E-state index contributed by atoms with van der Waals surface area (Å²) in [7, 11) is 0. The van der Waals surface area contributed by atoms with Gasteiger partial charge in [-0.05, 0) is 39.0 Å². The first-order chi connectivity index (χ1) is 7.86. The van der Waals surface area contributed by atoms with E-state index in [9.17, 15) is 9.18 Å². The monoisotopic (exact) mass is 260 g/mol. The Morgan fingerprint density at radius 3 is 2.65 bits per heavy atom. The van der Waals surface area contributed by atoms with Crippen molar-refractivity contribution in [2.24, 2.45) is 0 Å². The summed E-state index contributed by atoms with van der Waals surface area (Å²) in [5.74, 6) is -0.720. The molecule has 0 radical (unpaired) electrons. The molecule has 5 heteroatoms. The normalized spacial score (nSPS) is 11.1. The van der Waals surface area contributed by atoms with Crippen molar-refractivity contribution in [1.82, 2.24) is 0 Å². The van der Waals surface area contributed by atoms with Crippen molar-refractivity contribution in [2.45, 2.75) is 26.4 Å². The first-order valence-electron chi connectivity index (χ1n) is 5.18. The number of carbonyl (C=O) groups excluding carboxylic acids is 1. The van der Waals surface area contributed by atoms with E-state index in [1.165, 1.54) is 12.1 Å². The Morgan fingerprint density at radius 1 is 1.47 bits per heavy atom. The molecule has 0 unspecified atom stereocenters. The molecule has 94 valence electrons. The van der Waals surface area contributed by atoms with Gasteiger partial charge in [-0.15, -0.1) is 0 Å². The Hall–Kier alpha value is -1.29. The summed E-state index contributed by atoms with van der Waals surface area (Å²) in [4.78, 5) is 11.6. The van der Waals surface area contributed by atoms with E-state index in [1.807, 2.05) is 0 Å². The Labute approximate surface area is 104 Å². The third kappa shape index (κ3) is 3.60. The highest BCUT2D eigenvalue weighted by Crippen LogP contribution is 2.28. The average molecular weight is 261 g/mol. The quantitative estimate of drug-likeness (QED) is 0.780. The molecule has 0 aliphatic rings. The molecule has 0 heterocycles. The van der Waals surface area contributed by atoms with E-state index >= 15 is 0 Å². The Kier molecular flexibility index (Phi) is 4.34. The van der Waals surface area contributed by atoms with Crippen LogP contribution in [0.5, 0.6) is 5.75 Å². The second kappa shape index (κ2) is 5.36. The van der Waals surface area contributed by atoms with Gasteiger partial charge in [-0.25, -0.2) is 9.18 Å². The van der Waals surface area contributed by atoms with Crippen LogP contribution in [0.15, 0.2) is 18.2 Å². The minimum atomic E-state index is -1.17. The molecule has 1 rings (SSSR count). The fraction of sp³-hybridized carbons (Fsp3) is 0.417. The highest BCUT2D eigenvalue weighted by atomic mass is 35.5. The molecule has 0 amide bonds. The Morgan fingerprint density at radius 2 is 2.12 bits per heavy atom. The van der Waals surface area contributed by atoms with Crippen LogP contribution in [-0.2, 0) is 9.53 Å². The number of esters is 1. The van der Waals surface area contributed by atoms with Crippen molar-refractivity contribution in [2.75, 3.05) is 6.61 Å². The zero-order valence-electron chi connectivity index (χ0n) is 9.92. The summed E-state index contributed by atoms with van der Waals surface area (Å²) in [5.41, 5.74) is -1.17. The molecule has 0 N–H and O–H groups in total. The van der Waals surface area contributed by atoms with Crippen LogP contribution in [0.25, 0.3) is 0 Å². The highest BCUT2D eigenvalue weighted by Gasteiger charge is 2.32. The van der Waals surface area contributed by atoms with Crippen molar-refractivity contribution in [3.8, 4) is 5.75 Å². The fourth-order valence-electron chi connectivity index (χ4n) is 1.18. The van der Waals surface area contributed by atoms with Crippen molar-refractivity contribution < 1.29 is 18.7 Å². The lowest BCUT2D eigenvalue weighted by molar-refractivity contribution is -0.158. The van der Waals surface area contributed by atoms with Gasteiger partial charge < -0.3 is 9.47 Å². The molecule has 1 aromatic carbocycles. The largest absolute Gasteiger partial charge is 0.475 e. The van der Waals surface area contributed by atoms with Crippen LogP contribution < -0.4 is 4.74 Å². The van der Waals surface area contributed by atoms with Crippen LogP contribution in [0.3, 0.4) is 0 Å². The number of benzene rings is 1. The lowest BCUT2D eigenvalue weighted by Gasteiger charge is -2.24. The molecule has 0 aliphatic heterocycles. The fourth-order valence-corrected chi connectivity index (χ4v) is 1.39. The van der Waals surface area contributed by atoms with Crippen LogP contribution >= 0.6 is 11.6 Å². The van der Waals surface area contributed by atoms with Gasteiger partial charge in [-0.2, -0.15) is 0 Å².